The summed E-state index contributed by atoms with van der Waals surface area (Å²) in [6, 6.07) is 13.1. The first kappa shape index (κ1) is 43.1. The molecule has 64 heavy (non-hydrogen) atoms. The fourth-order valence-electron chi connectivity index (χ4n) is 10.8. The summed E-state index contributed by atoms with van der Waals surface area (Å²) >= 11 is 0. The molecule has 15 nitrogen and oxygen atoms in total. The van der Waals surface area contributed by atoms with E-state index in [0.717, 1.165) is 108 Å². The number of aromatic nitrogens is 4. The molecule has 3 N–H and O–H groups in total. The SMILES string of the molecule is COC(=O)N[C@H](C(=O)N1CCC[C@H]1C1=NC=C(c2ccc(-c3nnc(-c4ccc5nc([C@@H]6CCCN6C(=O)[C@@H](NC(=O)OC)C(C)C)[nH]c5c4)c4c3C3CCC4CC3)cc2)C1)C(C)C. The summed E-state index contributed by atoms with van der Waals surface area (Å²) in [7, 11) is 2.61. The normalized spacial score (nSPS) is 22.4. The van der Waals surface area contributed by atoms with Crippen LogP contribution in [0.1, 0.15) is 126 Å². The van der Waals surface area contributed by atoms with E-state index in [0.29, 0.717) is 31.3 Å². The van der Waals surface area contributed by atoms with Crippen LogP contribution in [0.2, 0.25) is 0 Å². The number of amides is 4. The van der Waals surface area contributed by atoms with Gasteiger partial charge in [-0.1, -0.05) is 58.0 Å². The van der Waals surface area contributed by atoms with Gasteiger partial charge in [0.15, 0.2) is 0 Å². The van der Waals surface area contributed by atoms with Crippen LogP contribution in [-0.4, -0.2) is 105 Å². The van der Waals surface area contributed by atoms with Gasteiger partial charge in [0, 0.05) is 42.5 Å². The zero-order valence-corrected chi connectivity index (χ0v) is 37.6. The van der Waals surface area contributed by atoms with Crippen molar-refractivity contribution in [1.29, 1.82) is 0 Å². The van der Waals surface area contributed by atoms with Gasteiger partial charge in [0.2, 0.25) is 11.8 Å². The minimum atomic E-state index is -0.700. The third-order valence-electron chi connectivity index (χ3n) is 14.2. The summed E-state index contributed by atoms with van der Waals surface area (Å²) in [6.07, 6.45) is 9.27. The molecule has 4 amide bonds. The number of rotatable bonds is 11. The Morgan fingerprint density at radius 1 is 0.688 bits per heavy atom. The highest BCUT2D eigenvalue weighted by atomic mass is 16.5. The Balaban J connectivity index is 0.937. The zero-order chi connectivity index (χ0) is 44.8. The molecule has 2 saturated heterocycles. The lowest BCUT2D eigenvalue weighted by Gasteiger charge is -2.40. The van der Waals surface area contributed by atoms with Crippen LogP contribution in [0, 0.1) is 11.8 Å². The molecule has 5 heterocycles. The van der Waals surface area contributed by atoms with Crippen molar-refractivity contribution in [3.63, 3.8) is 0 Å². The number of methoxy groups -OCH3 is 2. The number of carbonyl (C=O) groups excluding carboxylic acids is 4. The maximum absolute atomic E-state index is 13.8. The van der Waals surface area contributed by atoms with Gasteiger partial charge in [-0.05, 0) is 109 Å². The topological polar surface area (TPSA) is 184 Å². The van der Waals surface area contributed by atoms with E-state index in [4.69, 9.17) is 29.6 Å². The van der Waals surface area contributed by atoms with Crippen LogP contribution < -0.4 is 10.6 Å². The second-order valence-corrected chi connectivity index (χ2v) is 18.8. The average Bonchev–Trinajstić information content (AvgIpc) is 4.16. The summed E-state index contributed by atoms with van der Waals surface area (Å²) < 4.78 is 9.62. The highest BCUT2D eigenvalue weighted by Crippen LogP contribution is 2.54. The predicted octanol–water partition coefficient (Wildman–Crippen LogP) is 8.04. The third-order valence-corrected chi connectivity index (χ3v) is 14.2. The van der Waals surface area contributed by atoms with E-state index in [9.17, 15) is 19.2 Å². The van der Waals surface area contributed by atoms with Crippen LogP contribution >= 0.6 is 0 Å². The van der Waals surface area contributed by atoms with Crippen LogP contribution in [0.3, 0.4) is 0 Å². The molecule has 6 aliphatic rings. The van der Waals surface area contributed by atoms with E-state index < -0.39 is 24.3 Å². The van der Waals surface area contributed by atoms with E-state index in [1.807, 2.05) is 49.8 Å². The maximum Gasteiger partial charge on any atom is 0.407 e. The molecule has 0 spiro atoms. The van der Waals surface area contributed by atoms with Crippen molar-refractivity contribution >= 4 is 46.3 Å². The van der Waals surface area contributed by atoms with E-state index in [1.165, 1.54) is 25.3 Å². The van der Waals surface area contributed by atoms with Crippen molar-refractivity contribution in [3.8, 4) is 22.5 Å². The molecule has 3 fully saturated rings. The molecule has 1 saturated carbocycles. The molecular formula is C49H59N9O6. The van der Waals surface area contributed by atoms with Crippen molar-refractivity contribution in [2.45, 2.75) is 121 Å². The largest absolute Gasteiger partial charge is 0.453 e. The molecule has 0 radical (unpaired) electrons. The van der Waals surface area contributed by atoms with E-state index in [1.54, 1.807) is 0 Å². The first-order valence-electron chi connectivity index (χ1n) is 23.0. The van der Waals surface area contributed by atoms with Crippen molar-refractivity contribution < 1.29 is 28.7 Å². The molecule has 4 aromatic rings. The molecule has 3 aliphatic carbocycles. The number of hydrogen-bond acceptors (Lipinski definition) is 10. The second kappa shape index (κ2) is 17.8. The summed E-state index contributed by atoms with van der Waals surface area (Å²) in [4.78, 5) is 68.8. The van der Waals surface area contributed by atoms with E-state index in [2.05, 4.69) is 52.0 Å². The number of ether oxygens (including phenoxy) is 2. The Morgan fingerprint density at radius 3 is 1.77 bits per heavy atom. The molecule has 0 unspecified atom stereocenters. The van der Waals surface area contributed by atoms with E-state index >= 15 is 0 Å². The van der Waals surface area contributed by atoms with Crippen LogP contribution in [0.4, 0.5) is 9.59 Å². The van der Waals surface area contributed by atoms with Crippen molar-refractivity contribution in [3.05, 3.63) is 71.2 Å². The molecule has 10 rings (SSSR count). The second-order valence-electron chi connectivity index (χ2n) is 18.8. The zero-order valence-electron chi connectivity index (χ0n) is 37.6. The fourth-order valence-corrected chi connectivity index (χ4v) is 10.8. The Morgan fingerprint density at radius 2 is 1.20 bits per heavy atom. The van der Waals surface area contributed by atoms with E-state index in [-0.39, 0.29) is 35.7 Å². The number of allylic oxidation sites excluding steroid dienone is 1. The summed E-state index contributed by atoms with van der Waals surface area (Å²) in [5.74, 6) is 1.13. The molecule has 4 atom stereocenters. The lowest BCUT2D eigenvalue weighted by atomic mass is 9.65. The number of benzene rings is 2. The maximum atomic E-state index is 13.8. The Bertz CT molecular complexity index is 2520. The number of nitrogens with zero attached hydrogens (tertiary/aromatic N) is 6. The third kappa shape index (κ3) is 8.02. The van der Waals surface area contributed by atoms with Crippen molar-refractivity contribution in [2.24, 2.45) is 16.8 Å². The number of alkyl carbamates (subject to hydrolysis) is 2. The molecule has 2 aromatic carbocycles. The minimum absolute atomic E-state index is 0.0919. The number of likely N-dealkylation sites (tertiary alicyclic amines) is 2. The predicted molar refractivity (Wildman–Crippen MR) is 243 cm³/mol. The van der Waals surface area contributed by atoms with Gasteiger partial charge in [-0.15, -0.1) is 10.2 Å². The van der Waals surface area contributed by atoms with Crippen LogP contribution in [0.25, 0.3) is 39.1 Å². The summed E-state index contributed by atoms with van der Waals surface area (Å²) in [5, 5.41) is 15.5. The molecule has 2 bridgehead atoms. The van der Waals surface area contributed by atoms with Gasteiger partial charge in [-0.3, -0.25) is 14.6 Å². The molecule has 3 aliphatic heterocycles. The van der Waals surface area contributed by atoms with Gasteiger partial charge in [0.25, 0.3) is 0 Å². The standard InChI is InChI=1S/C49H59N9O6/c1-26(2)41(53-48(61)63-5)46(59)57-21-7-9-37(57)36-24-33(25-50-36)28-11-17-31(18-12-28)43-39-29-13-15-30(16-14-29)40(39)44(56-55-43)32-19-20-34-35(23-32)52-45(51-34)38-10-8-22-58(38)47(60)42(27(3)4)54-49(62)64-6/h11-12,17-20,23,25-27,29-30,37-38,41-42H,7-10,13-16,21-22,24H2,1-6H3,(H,51,52)(H,53,61)(H,54,62)/t29?,30?,37-,38-,41-,42-/m0/s1. The van der Waals surface area contributed by atoms with Gasteiger partial charge in [0.1, 0.15) is 17.9 Å². The highest BCUT2D eigenvalue weighted by molar-refractivity contribution is 6.04. The van der Waals surface area contributed by atoms with Gasteiger partial charge < -0.3 is 34.9 Å². The lowest BCUT2D eigenvalue weighted by molar-refractivity contribution is -0.135. The molecule has 15 heteroatoms. The summed E-state index contributed by atoms with van der Waals surface area (Å²) in [6.45, 7) is 8.90. The van der Waals surface area contributed by atoms with Gasteiger partial charge in [-0.25, -0.2) is 14.6 Å². The first-order valence-corrected chi connectivity index (χ1v) is 23.0. The molecule has 336 valence electrons. The molecular weight excluding hydrogens is 811 g/mol. The Hall–Kier alpha value is -6.12. The number of H-pyrrole nitrogens is 1. The average molecular weight is 870 g/mol. The summed E-state index contributed by atoms with van der Waals surface area (Å²) in [5.41, 5.74) is 11.4. The van der Waals surface area contributed by atoms with Gasteiger partial charge >= 0.3 is 12.2 Å². The van der Waals surface area contributed by atoms with Crippen molar-refractivity contribution in [1.82, 2.24) is 40.6 Å². The quantitative estimate of drug-likeness (QED) is 0.134. The number of imidazole rings is 1. The number of nitrogens with one attached hydrogen (secondary N) is 3. The van der Waals surface area contributed by atoms with Crippen LogP contribution in [0.15, 0.2) is 53.7 Å². The van der Waals surface area contributed by atoms with Crippen molar-refractivity contribution in [2.75, 3.05) is 27.3 Å². The Kier molecular flexibility index (Phi) is 12.0. The number of fused-ring (bicyclic) bond motifs is 3. The van der Waals surface area contributed by atoms with Gasteiger partial charge in [-0.2, -0.15) is 0 Å². The number of aromatic amines is 1. The lowest BCUT2D eigenvalue weighted by Crippen LogP contribution is -2.53. The number of hydrogen-bond donors (Lipinski definition) is 3. The number of carbonyl (C=O) groups is 4. The highest BCUT2D eigenvalue weighted by Gasteiger charge is 2.41. The Labute approximate surface area is 373 Å². The minimum Gasteiger partial charge on any atom is -0.453 e. The number of aliphatic imine (C=N–C) groups is 1. The smallest absolute Gasteiger partial charge is 0.407 e. The monoisotopic (exact) mass is 869 g/mol. The van der Waals surface area contributed by atoms with Gasteiger partial charge in [0.05, 0.1) is 48.7 Å². The van der Waals surface area contributed by atoms with Crippen LogP contribution in [-0.2, 0) is 19.1 Å². The fraction of sp³-hybridized carbons (Fsp3) is 0.510. The van der Waals surface area contributed by atoms with Crippen LogP contribution in [0.5, 0.6) is 0 Å². The molecule has 2 aromatic heterocycles. The first-order chi connectivity index (χ1) is 30.9.